The average molecular weight is 647 g/mol. The van der Waals surface area contributed by atoms with Gasteiger partial charge in [0.05, 0.1) is 29.1 Å². The number of amides is 2. The second-order valence-electron chi connectivity index (χ2n) is 10.8. The van der Waals surface area contributed by atoms with E-state index in [1.54, 1.807) is 42.5 Å². The zero-order chi connectivity index (χ0) is 31.0. The van der Waals surface area contributed by atoms with Crippen molar-refractivity contribution in [2.45, 2.75) is 57.2 Å². The number of hydrogen-bond acceptors (Lipinski definition) is 5. The number of sulfonamides is 1. The molecule has 1 aliphatic carbocycles. The van der Waals surface area contributed by atoms with E-state index in [0.29, 0.717) is 27.0 Å². The molecule has 1 fully saturated rings. The van der Waals surface area contributed by atoms with Gasteiger partial charge in [0.2, 0.25) is 21.8 Å². The lowest BCUT2D eigenvalue weighted by molar-refractivity contribution is -0.140. The largest absolute Gasteiger partial charge is 0.497 e. The predicted octanol–water partition coefficient (Wildman–Crippen LogP) is 5.86. The van der Waals surface area contributed by atoms with Gasteiger partial charge in [-0.1, -0.05) is 78.9 Å². The third-order valence-corrected chi connectivity index (χ3v) is 9.48. The maximum atomic E-state index is 14.2. The molecule has 230 valence electrons. The van der Waals surface area contributed by atoms with Gasteiger partial charge in [-0.2, -0.15) is 0 Å². The number of hydrogen-bond donors (Lipinski definition) is 1. The van der Waals surface area contributed by atoms with Crippen molar-refractivity contribution in [3.05, 3.63) is 94.0 Å². The van der Waals surface area contributed by atoms with Crippen molar-refractivity contribution in [1.29, 1.82) is 0 Å². The van der Waals surface area contributed by atoms with Gasteiger partial charge < -0.3 is 15.0 Å². The van der Waals surface area contributed by atoms with Gasteiger partial charge in [-0.25, -0.2) is 8.42 Å². The predicted molar refractivity (Wildman–Crippen MR) is 171 cm³/mol. The number of nitrogens with zero attached hydrogens (tertiary/aromatic N) is 2. The number of methoxy groups -OCH3 is 1. The van der Waals surface area contributed by atoms with E-state index in [4.69, 9.17) is 27.9 Å². The van der Waals surface area contributed by atoms with E-state index in [1.807, 2.05) is 30.3 Å². The van der Waals surface area contributed by atoms with Crippen molar-refractivity contribution >= 4 is 50.7 Å². The van der Waals surface area contributed by atoms with E-state index in [1.165, 1.54) is 12.0 Å². The molecule has 0 spiro atoms. The van der Waals surface area contributed by atoms with Crippen LogP contribution in [0, 0.1) is 0 Å². The van der Waals surface area contributed by atoms with Crippen molar-refractivity contribution in [1.82, 2.24) is 10.2 Å². The number of halogens is 2. The highest BCUT2D eigenvalue weighted by atomic mass is 35.5. The standard InChI is InChI=1S/C32H37Cl2N3O5S/c1-42-27-16-14-26(15-17-27)37(43(2,40)41)22-31(38)36(21-24-13-18-28(33)29(34)19-24)30(20-23-9-5-3-6-10-23)32(39)35-25-11-7-4-8-12-25/h3,5-6,9-10,13-19,25,30H,4,7-8,11-12,20-22H2,1-2H3,(H,35,39)/t30-/m0/s1. The van der Waals surface area contributed by atoms with Gasteiger partial charge in [0.15, 0.2) is 0 Å². The fourth-order valence-corrected chi connectivity index (χ4v) is 6.47. The highest BCUT2D eigenvalue weighted by molar-refractivity contribution is 7.92. The van der Waals surface area contributed by atoms with Crippen molar-refractivity contribution in [2.75, 3.05) is 24.2 Å². The van der Waals surface area contributed by atoms with Crippen LogP contribution in [0.15, 0.2) is 72.8 Å². The Bertz CT molecular complexity index is 1500. The lowest BCUT2D eigenvalue weighted by Crippen LogP contribution is -2.55. The Labute approximate surface area is 264 Å². The van der Waals surface area contributed by atoms with Crippen LogP contribution in [-0.4, -0.2) is 57.1 Å². The molecule has 1 saturated carbocycles. The fourth-order valence-electron chi connectivity index (χ4n) is 5.30. The Morgan fingerprint density at radius 1 is 0.930 bits per heavy atom. The first kappa shape index (κ1) is 32.6. The van der Waals surface area contributed by atoms with Gasteiger partial charge in [-0.15, -0.1) is 0 Å². The molecule has 1 aliphatic rings. The van der Waals surface area contributed by atoms with Crippen LogP contribution < -0.4 is 14.4 Å². The summed E-state index contributed by atoms with van der Waals surface area (Å²) in [4.78, 5) is 29.7. The molecule has 0 bridgehead atoms. The molecular formula is C32H37Cl2N3O5S. The first-order valence-corrected chi connectivity index (χ1v) is 16.8. The van der Waals surface area contributed by atoms with Gasteiger partial charge in [0, 0.05) is 19.0 Å². The molecule has 1 N–H and O–H groups in total. The molecule has 0 saturated heterocycles. The van der Waals surface area contributed by atoms with E-state index >= 15 is 0 Å². The summed E-state index contributed by atoms with van der Waals surface area (Å²) < 4.78 is 32.2. The van der Waals surface area contributed by atoms with Gasteiger partial charge >= 0.3 is 0 Å². The van der Waals surface area contributed by atoms with Crippen molar-refractivity contribution in [3.8, 4) is 5.75 Å². The first-order chi connectivity index (χ1) is 20.5. The van der Waals surface area contributed by atoms with Crippen LogP contribution in [0.5, 0.6) is 5.75 Å². The van der Waals surface area contributed by atoms with Crippen LogP contribution in [0.3, 0.4) is 0 Å². The number of rotatable bonds is 12. The summed E-state index contributed by atoms with van der Waals surface area (Å²) >= 11 is 12.5. The molecule has 0 heterocycles. The molecule has 8 nitrogen and oxygen atoms in total. The normalized spacial score (nSPS) is 14.5. The van der Waals surface area contributed by atoms with Crippen LogP contribution in [-0.2, 0) is 32.6 Å². The molecule has 43 heavy (non-hydrogen) atoms. The minimum Gasteiger partial charge on any atom is -0.497 e. The summed E-state index contributed by atoms with van der Waals surface area (Å²) in [6, 6.07) is 20.0. The number of carbonyl (C=O) groups is 2. The Morgan fingerprint density at radius 2 is 1.60 bits per heavy atom. The highest BCUT2D eigenvalue weighted by Gasteiger charge is 2.34. The van der Waals surface area contributed by atoms with Crippen LogP contribution in [0.4, 0.5) is 5.69 Å². The summed E-state index contributed by atoms with van der Waals surface area (Å²) in [6.07, 6.45) is 6.25. The van der Waals surface area contributed by atoms with Gasteiger partial charge in [0.25, 0.3) is 0 Å². The molecule has 4 rings (SSSR count). The van der Waals surface area contributed by atoms with Crippen molar-refractivity contribution < 1.29 is 22.7 Å². The summed E-state index contributed by atoms with van der Waals surface area (Å²) in [7, 11) is -2.36. The lowest BCUT2D eigenvalue weighted by Gasteiger charge is -2.35. The maximum Gasteiger partial charge on any atom is 0.244 e. The van der Waals surface area contributed by atoms with Crippen LogP contribution >= 0.6 is 23.2 Å². The Balaban J connectivity index is 1.73. The Kier molecular flexibility index (Phi) is 11.3. The number of anilines is 1. The quantitative estimate of drug-likeness (QED) is 0.266. The first-order valence-electron chi connectivity index (χ1n) is 14.2. The van der Waals surface area contributed by atoms with Gasteiger partial charge in [-0.05, 0) is 60.4 Å². The summed E-state index contributed by atoms with van der Waals surface area (Å²) in [5.41, 5.74) is 1.83. The smallest absolute Gasteiger partial charge is 0.244 e. The molecule has 3 aromatic carbocycles. The third-order valence-electron chi connectivity index (χ3n) is 7.60. The average Bonchev–Trinajstić information content (AvgIpc) is 3.00. The number of carbonyl (C=O) groups excluding carboxylic acids is 2. The van der Waals surface area contributed by atoms with E-state index in [9.17, 15) is 18.0 Å². The van der Waals surface area contributed by atoms with Crippen LogP contribution in [0.25, 0.3) is 0 Å². The molecule has 3 aromatic rings. The van der Waals surface area contributed by atoms with Crippen LogP contribution in [0.2, 0.25) is 10.0 Å². The molecular weight excluding hydrogens is 609 g/mol. The Hall–Kier alpha value is -3.27. The second-order valence-corrected chi connectivity index (χ2v) is 13.5. The SMILES string of the molecule is COc1ccc(N(CC(=O)N(Cc2ccc(Cl)c(Cl)c2)[C@@H](Cc2ccccc2)C(=O)NC2CCCCC2)S(C)(=O)=O)cc1. The lowest BCUT2D eigenvalue weighted by atomic mass is 9.94. The second kappa shape index (κ2) is 14.9. The van der Waals surface area contributed by atoms with E-state index < -0.39 is 28.5 Å². The minimum atomic E-state index is -3.87. The van der Waals surface area contributed by atoms with E-state index in [2.05, 4.69) is 5.32 Å². The summed E-state index contributed by atoms with van der Waals surface area (Å²) in [5, 5.41) is 3.86. The monoisotopic (exact) mass is 645 g/mol. The number of nitrogens with one attached hydrogen (secondary N) is 1. The molecule has 0 aromatic heterocycles. The molecule has 2 amide bonds. The zero-order valence-corrected chi connectivity index (χ0v) is 26.7. The third kappa shape index (κ3) is 9.11. The van der Waals surface area contributed by atoms with E-state index in [-0.39, 0.29) is 24.9 Å². The maximum absolute atomic E-state index is 14.2. The Morgan fingerprint density at radius 3 is 2.21 bits per heavy atom. The van der Waals surface area contributed by atoms with E-state index in [0.717, 1.165) is 48.2 Å². The molecule has 11 heteroatoms. The molecule has 0 radical (unpaired) electrons. The highest BCUT2D eigenvalue weighted by Crippen LogP contribution is 2.26. The molecule has 1 atom stereocenters. The molecule has 0 unspecified atom stereocenters. The van der Waals surface area contributed by atoms with Crippen LogP contribution in [0.1, 0.15) is 43.2 Å². The van der Waals surface area contributed by atoms with Crippen molar-refractivity contribution in [3.63, 3.8) is 0 Å². The number of ether oxygens (including phenoxy) is 1. The fraction of sp³-hybridized carbons (Fsp3) is 0.375. The molecule has 0 aliphatic heterocycles. The van der Waals surface area contributed by atoms with Gasteiger partial charge in [-0.3, -0.25) is 13.9 Å². The van der Waals surface area contributed by atoms with Gasteiger partial charge in [0.1, 0.15) is 18.3 Å². The zero-order valence-electron chi connectivity index (χ0n) is 24.3. The summed E-state index contributed by atoms with van der Waals surface area (Å²) in [6.45, 7) is -0.486. The summed E-state index contributed by atoms with van der Waals surface area (Å²) in [5.74, 6) is -0.265. The number of benzene rings is 3. The van der Waals surface area contributed by atoms with Crippen molar-refractivity contribution in [2.24, 2.45) is 0 Å². The minimum absolute atomic E-state index is 0.0194. The topological polar surface area (TPSA) is 96.0 Å².